The minimum Gasteiger partial charge on any atom is -0.329 e. The van der Waals surface area contributed by atoms with Crippen molar-refractivity contribution in [1.29, 1.82) is 0 Å². The van der Waals surface area contributed by atoms with E-state index < -0.39 is 21.7 Å². The van der Waals surface area contributed by atoms with Gasteiger partial charge in [0.25, 0.3) is 0 Å². The molecule has 0 fully saturated rings. The van der Waals surface area contributed by atoms with Crippen LogP contribution in [0.4, 0.5) is 8.78 Å². The van der Waals surface area contributed by atoms with E-state index >= 15 is 0 Å². The molecule has 4 nitrogen and oxygen atoms in total. The normalized spacial score (nSPS) is 11.7. The van der Waals surface area contributed by atoms with Gasteiger partial charge in [0.05, 0.1) is 5.75 Å². The van der Waals surface area contributed by atoms with Crippen molar-refractivity contribution in [1.82, 2.24) is 4.72 Å². The smallest absolute Gasteiger partial charge is 0.212 e. The molecule has 17 heavy (non-hydrogen) atoms. The predicted octanol–water partition coefficient (Wildman–Crippen LogP) is 0.385. The summed E-state index contributed by atoms with van der Waals surface area (Å²) in [6, 6.07) is 3.10. The van der Waals surface area contributed by atoms with Crippen molar-refractivity contribution < 1.29 is 17.2 Å². The fraction of sp³-hybridized carbons (Fsp3) is 0.400. The van der Waals surface area contributed by atoms with Gasteiger partial charge in [-0.15, -0.1) is 0 Å². The Bertz CT molecular complexity index is 457. The Morgan fingerprint density at radius 2 is 1.76 bits per heavy atom. The first-order valence-electron chi connectivity index (χ1n) is 5.05. The molecular weight excluding hydrogens is 250 g/mol. The second-order valence-electron chi connectivity index (χ2n) is 3.53. The van der Waals surface area contributed by atoms with Gasteiger partial charge < -0.3 is 5.73 Å². The summed E-state index contributed by atoms with van der Waals surface area (Å²) in [4.78, 5) is 0. The van der Waals surface area contributed by atoms with Crippen molar-refractivity contribution in [2.75, 3.05) is 18.8 Å². The number of hydrogen-bond acceptors (Lipinski definition) is 3. The van der Waals surface area contributed by atoms with Crippen LogP contribution in [-0.2, 0) is 16.4 Å². The second-order valence-corrected chi connectivity index (χ2v) is 5.46. The third-order valence-electron chi connectivity index (χ3n) is 2.04. The van der Waals surface area contributed by atoms with Crippen molar-refractivity contribution in [3.05, 3.63) is 35.4 Å². The van der Waals surface area contributed by atoms with Gasteiger partial charge in [-0.3, -0.25) is 0 Å². The number of nitrogens with one attached hydrogen (secondary N) is 1. The summed E-state index contributed by atoms with van der Waals surface area (Å²) in [6.45, 7) is 0.120. The Morgan fingerprint density at radius 3 is 2.29 bits per heavy atom. The molecule has 0 heterocycles. The van der Waals surface area contributed by atoms with Crippen LogP contribution in [0, 0.1) is 11.6 Å². The highest BCUT2D eigenvalue weighted by Gasteiger charge is 2.08. The lowest BCUT2D eigenvalue weighted by atomic mass is 10.1. The fourth-order valence-electron chi connectivity index (χ4n) is 1.33. The van der Waals surface area contributed by atoms with E-state index in [0.717, 1.165) is 6.07 Å². The van der Waals surface area contributed by atoms with Crippen LogP contribution in [0.5, 0.6) is 0 Å². The maximum absolute atomic E-state index is 12.8. The Labute approximate surface area is 98.9 Å². The Hall–Kier alpha value is -1.05. The summed E-state index contributed by atoms with van der Waals surface area (Å²) in [6.07, 6.45) is 0.221. The molecule has 0 radical (unpaired) electrons. The van der Waals surface area contributed by atoms with Crippen molar-refractivity contribution in [2.45, 2.75) is 6.42 Å². The first-order chi connectivity index (χ1) is 7.93. The maximum atomic E-state index is 12.8. The van der Waals surface area contributed by atoms with Gasteiger partial charge in [0, 0.05) is 19.2 Å². The minimum atomic E-state index is -3.38. The first kappa shape index (κ1) is 14.0. The van der Waals surface area contributed by atoms with Gasteiger partial charge in [0.15, 0.2) is 0 Å². The van der Waals surface area contributed by atoms with E-state index in [1.54, 1.807) is 0 Å². The van der Waals surface area contributed by atoms with Crippen LogP contribution in [0.15, 0.2) is 18.2 Å². The van der Waals surface area contributed by atoms with Crippen molar-refractivity contribution >= 4 is 10.0 Å². The average molecular weight is 264 g/mol. The molecule has 0 aliphatic heterocycles. The topological polar surface area (TPSA) is 72.2 Å². The summed E-state index contributed by atoms with van der Waals surface area (Å²) in [5.74, 6) is -1.51. The van der Waals surface area contributed by atoms with Crippen LogP contribution in [0.2, 0.25) is 0 Å². The summed E-state index contributed by atoms with van der Waals surface area (Å²) in [5.41, 5.74) is 5.52. The van der Waals surface area contributed by atoms with E-state index in [2.05, 4.69) is 4.72 Å². The van der Waals surface area contributed by atoms with E-state index in [1.807, 2.05) is 0 Å². The number of rotatable bonds is 6. The molecule has 0 amide bonds. The third-order valence-corrected chi connectivity index (χ3v) is 3.46. The molecular formula is C10H14F2N2O2S. The van der Waals surface area contributed by atoms with Crippen molar-refractivity contribution in [2.24, 2.45) is 5.73 Å². The molecule has 1 aromatic carbocycles. The Balaban J connectivity index is 2.51. The molecule has 0 saturated heterocycles. The molecule has 1 rings (SSSR count). The molecule has 0 bridgehead atoms. The van der Waals surface area contributed by atoms with E-state index in [4.69, 9.17) is 5.73 Å². The van der Waals surface area contributed by atoms with Gasteiger partial charge in [-0.2, -0.15) is 0 Å². The Morgan fingerprint density at radius 1 is 1.18 bits per heavy atom. The van der Waals surface area contributed by atoms with E-state index in [-0.39, 0.29) is 25.3 Å². The summed E-state index contributed by atoms with van der Waals surface area (Å²) in [5, 5.41) is 0. The zero-order valence-electron chi connectivity index (χ0n) is 9.12. The molecule has 1 aromatic rings. The number of halogens is 2. The predicted molar refractivity (Wildman–Crippen MR) is 60.9 cm³/mol. The van der Waals surface area contributed by atoms with Crippen LogP contribution in [-0.4, -0.2) is 27.3 Å². The van der Waals surface area contributed by atoms with Crippen LogP contribution in [0.25, 0.3) is 0 Å². The lowest BCUT2D eigenvalue weighted by Crippen LogP contribution is -2.31. The van der Waals surface area contributed by atoms with Crippen LogP contribution < -0.4 is 10.5 Å². The van der Waals surface area contributed by atoms with Gasteiger partial charge >= 0.3 is 0 Å². The molecule has 0 unspecified atom stereocenters. The summed E-state index contributed by atoms with van der Waals surface area (Å²) in [7, 11) is -3.38. The third kappa shape index (κ3) is 5.20. The minimum absolute atomic E-state index is 0.0317. The number of hydrogen-bond donors (Lipinski definition) is 2. The highest BCUT2D eigenvalue weighted by Crippen LogP contribution is 2.08. The van der Waals surface area contributed by atoms with Gasteiger partial charge in [-0.1, -0.05) is 0 Å². The quantitative estimate of drug-likeness (QED) is 0.780. The molecule has 3 N–H and O–H groups in total. The molecule has 0 saturated carbocycles. The van der Waals surface area contributed by atoms with Gasteiger partial charge in [-0.25, -0.2) is 21.9 Å². The molecule has 7 heteroatoms. The Kier molecular flexibility index (Phi) is 4.98. The molecule has 0 aliphatic carbocycles. The second kappa shape index (κ2) is 6.04. The molecule has 0 aliphatic rings. The highest BCUT2D eigenvalue weighted by molar-refractivity contribution is 7.89. The van der Waals surface area contributed by atoms with E-state index in [1.165, 1.54) is 12.1 Å². The van der Waals surface area contributed by atoms with Gasteiger partial charge in [-0.05, 0) is 24.1 Å². The monoisotopic (exact) mass is 264 g/mol. The zero-order valence-corrected chi connectivity index (χ0v) is 9.93. The van der Waals surface area contributed by atoms with Crippen LogP contribution in [0.1, 0.15) is 5.56 Å². The number of nitrogens with two attached hydrogens (primary N) is 1. The standard InChI is InChI=1S/C10H14F2N2O2S/c11-9-5-8(6-10(12)7-9)1-3-14-17(15,16)4-2-13/h5-7,14H,1-4,13H2. The van der Waals surface area contributed by atoms with E-state index in [9.17, 15) is 17.2 Å². The molecule has 0 spiro atoms. The van der Waals surface area contributed by atoms with Gasteiger partial charge in [0.2, 0.25) is 10.0 Å². The van der Waals surface area contributed by atoms with Crippen molar-refractivity contribution in [3.8, 4) is 0 Å². The summed E-state index contributed by atoms with van der Waals surface area (Å²) < 4.78 is 50.4. The lowest BCUT2D eigenvalue weighted by molar-refractivity contribution is 0.576. The maximum Gasteiger partial charge on any atom is 0.212 e. The highest BCUT2D eigenvalue weighted by atomic mass is 32.2. The molecule has 0 aromatic heterocycles. The SMILES string of the molecule is NCCS(=O)(=O)NCCc1cc(F)cc(F)c1. The molecule has 0 atom stereocenters. The largest absolute Gasteiger partial charge is 0.329 e. The first-order valence-corrected chi connectivity index (χ1v) is 6.70. The van der Waals surface area contributed by atoms with E-state index in [0.29, 0.717) is 5.56 Å². The average Bonchev–Trinajstić information content (AvgIpc) is 2.15. The lowest BCUT2D eigenvalue weighted by Gasteiger charge is -2.05. The van der Waals surface area contributed by atoms with Crippen LogP contribution in [0.3, 0.4) is 0 Å². The fourth-order valence-corrected chi connectivity index (χ4v) is 2.20. The molecule has 96 valence electrons. The van der Waals surface area contributed by atoms with Crippen molar-refractivity contribution in [3.63, 3.8) is 0 Å². The number of benzene rings is 1. The summed E-state index contributed by atoms with van der Waals surface area (Å²) >= 11 is 0. The van der Waals surface area contributed by atoms with Crippen LogP contribution >= 0.6 is 0 Å². The zero-order chi connectivity index (χ0) is 12.9. The van der Waals surface area contributed by atoms with Gasteiger partial charge in [0.1, 0.15) is 11.6 Å². The number of sulfonamides is 1.